The van der Waals surface area contributed by atoms with Crippen molar-refractivity contribution in [1.29, 1.82) is 0 Å². The van der Waals surface area contributed by atoms with E-state index in [0.717, 1.165) is 17.7 Å². The number of alkyl halides is 3. The van der Waals surface area contributed by atoms with Crippen LogP contribution in [0, 0.1) is 0 Å². The molecule has 0 aliphatic rings. The van der Waals surface area contributed by atoms with Crippen molar-refractivity contribution in [3.8, 4) is 0 Å². The normalized spacial score (nSPS) is 11.0. The van der Waals surface area contributed by atoms with Crippen molar-refractivity contribution >= 4 is 29.1 Å². The van der Waals surface area contributed by atoms with Crippen molar-refractivity contribution in [3.63, 3.8) is 0 Å². The lowest BCUT2D eigenvalue weighted by molar-refractivity contribution is -0.137. The number of furan rings is 1. The molecule has 3 rings (SSSR count). The second kappa shape index (κ2) is 10.5. The van der Waals surface area contributed by atoms with Gasteiger partial charge in [-0.3, -0.25) is 14.4 Å². The maximum atomic E-state index is 13.5. The molecule has 172 valence electrons. The Bertz CT molecular complexity index is 1110. The van der Waals surface area contributed by atoms with Gasteiger partial charge in [0.25, 0.3) is 5.91 Å². The van der Waals surface area contributed by atoms with Gasteiger partial charge in [-0.05, 0) is 35.9 Å². The molecule has 0 fully saturated rings. The average molecular weight is 459 g/mol. The second-order valence-electron chi connectivity index (χ2n) is 7.00. The Morgan fingerprint density at radius 2 is 1.64 bits per heavy atom. The third-order valence-corrected chi connectivity index (χ3v) is 4.48. The standard InChI is InChI=1S/C23H20F3N3O4/c24-23(25,26)17-14-16(28-22(32)19-7-4-12-33-19)8-9-18(17)29-20(30)10-11-27-21(31)13-15-5-2-1-3-6-15/h1-9,12,14H,10-11,13H2,(H,27,31)(H,28,32)(H,29,30). The molecule has 3 N–H and O–H groups in total. The third-order valence-electron chi connectivity index (χ3n) is 4.48. The summed E-state index contributed by atoms with van der Waals surface area (Å²) in [6.07, 6.45) is -3.60. The van der Waals surface area contributed by atoms with Crippen LogP contribution in [0.1, 0.15) is 28.1 Å². The van der Waals surface area contributed by atoms with E-state index in [2.05, 4.69) is 16.0 Å². The zero-order valence-corrected chi connectivity index (χ0v) is 17.2. The van der Waals surface area contributed by atoms with Crippen molar-refractivity contribution in [3.05, 3.63) is 83.8 Å². The van der Waals surface area contributed by atoms with Crippen molar-refractivity contribution in [2.24, 2.45) is 0 Å². The van der Waals surface area contributed by atoms with Gasteiger partial charge >= 0.3 is 6.18 Å². The topological polar surface area (TPSA) is 100 Å². The van der Waals surface area contributed by atoms with Gasteiger partial charge < -0.3 is 20.4 Å². The Labute approximate surface area is 187 Å². The van der Waals surface area contributed by atoms with Gasteiger partial charge in [-0.25, -0.2) is 0 Å². The van der Waals surface area contributed by atoms with Crippen molar-refractivity contribution in [2.45, 2.75) is 19.0 Å². The van der Waals surface area contributed by atoms with Gasteiger partial charge in [-0.15, -0.1) is 0 Å². The van der Waals surface area contributed by atoms with Gasteiger partial charge in [0, 0.05) is 18.7 Å². The minimum Gasteiger partial charge on any atom is -0.459 e. The van der Waals surface area contributed by atoms with Crippen LogP contribution >= 0.6 is 0 Å². The lowest BCUT2D eigenvalue weighted by Gasteiger charge is -2.16. The summed E-state index contributed by atoms with van der Waals surface area (Å²) in [5.74, 6) is -1.78. The van der Waals surface area contributed by atoms with Crippen LogP contribution in [-0.4, -0.2) is 24.3 Å². The molecule has 0 saturated carbocycles. The zero-order valence-electron chi connectivity index (χ0n) is 17.2. The summed E-state index contributed by atoms with van der Waals surface area (Å²) in [5.41, 5.74) is -0.899. The molecule has 1 heterocycles. The van der Waals surface area contributed by atoms with Crippen LogP contribution in [0.4, 0.5) is 24.5 Å². The van der Waals surface area contributed by atoms with Crippen molar-refractivity contribution in [2.75, 3.05) is 17.2 Å². The van der Waals surface area contributed by atoms with Crippen molar-refractivity contribution in [1.82, 2.24) is 5.32 Å². The first-order valence-corrected chi connectivity index (χ1v) is 9.89. The van der Waals surface area contributed by atoms with Crippen LogP contribution in [-0.2, 0) is 22.2 Å². The molecule has 0 radical (unpaired) electrons. The molecular weight excluding hydrogens is 439 g/mol. The van der Waals surface area contributed by atoms with Crippen LogP contribution in [0.3, 0.4) is 0 Å². The quantitative estimate of drug-likeness (QED) is 0.469. The Balaban J connectivity index is 1.58. The number of amides is 3. The maximum Gasteiger partial charge on any atom is 0.418 e. The second-order valence-corrected chi connectivity index (χ2v) is 7.00. The Morgan fingerprint density at radius 1 is 0.879 bits per heavy atom. The van der Waals surface area contributed by atoms with E-state index in [-0.39, 0.29) is 36.7 Å². The van der Waals surface area contributed by atoms with Crippen LogP contribution in [0.2, 0.25) is 0 Å². The lowest BCUT2D eigenvalue weighted by atomic mass is 10.1. The van der Waals surface area contributed by atoms with Crippen LogP contribution < -0.4 is 16.0 Å². The summed E-state index contributed by atoms with van der Waals surface area (Å²) >= 11 is 0. The predicted molar refractivity (Wildman–Crippen MR) is 115 cm³/mol. The molecule has 3 amide bonds. The van der Waals surface area contributed by atoms with E-state index < -0.39 is 29.2 Å². The highest BCUT2D eigenvalue weighted by Crippen LogP contribution is 2.36. The monoisotopic (exact) mass is 459 g/mol. The van der Waals surface area contributed by atoms with Crippen molar-refractivity contribution < 1.29 is 32.0 Å². The zero-order chi connectivity index (χ0) is 23.8. The molecule has 2 aromatic carbocycles. The number of halogens is 3. The lowest BCUT2D eigenvalue weighted by Crippen LogP contribution is -2.29. The average Bonchev–Trinajstić information content (AvgIpc) is 3.30. The molecule has 1 aromatic heterocycles. The number of carbonyl (C=O) groups excluding carboxylic acids is 3. The molecule has 0 unspecified atom stereocenters. The summed E-state index contributed by atoms with van der Waals surface area (Å²) < 4.78 is 45.5. The highest BCUT2D eigenvalue weighted by atomic mass is 19.4. The first-order valence-electron chi connectivity index (χ1n) is 9.89. The molecule has 0 aliphatic carbocycles. The number of hydrogen-bond acceptors (Lipinski definition) is 4. The van der Waals surface area contributed by atoms with E-state index in [0.29, 0.717) is 0 Å². The van der Waals surface area contributed by atoms with Gasteiger partial charge in [0.1, 0.15) is 0 Å². The first kappa shape index (κ1) is 23.6. The van der Waals surface area contributed by atoms with Crippen LogP contribution in [0.15, 0.2) is 71.3 Å². The Hall–Kier alpha value is -4.08. The van der Waals surface area contributed by atoms with Gasteiger partial charge in [0.05, 0.1) is 23.9 Å². The minimum atomic E-state index is -4.78. The smallest absolute Gasteiger partial charge is 0.418 e. The number of benzene rings is 2. The summed E-state index contributed by atoms with van der Waals surface area (Å²) in [4.78, 5) is 36.1. The fourth-order valence-electron chi connectivity index (χ4n) is 2.94. The molecule has 33 heavy (non-hydrogen) atoms. The Morgan fingerprint density at radius 3 is 2.30 bits per heavy atom. The highest BCUT2D eigenvalue weighted by molar-refractivity contribution is 6.02. The number of hydrogen-bond donors (Lipinski definition) is 3. The summed E-state index contributed by atoms with van der Waals surface area (Å²) in [7, 11) is 0. The van der Waals surface area contributed by atoms with E-state index in [1.54, 1.807) is 24.3 Å². The molecule has 0 atom stereocenters. The van der Waals surface area contributed by atoms with Gasteiger partial charge in [-0.2, -0.15) is 13.2 Å². The van der Waals surface area contributed by atoms with E-state index >= 15 is 0 Å². The SMILES string of the molecule is O=C(Cc1ccccc1)NCCC(=O)Nc1ccc(NC(=O)c2ccco2)cc1C(F)(F)F. The third kappa shape index (κ3) is 6.96. The molecule has 7 nitrogen and oxygen atoms in total. The number of carbonyl (C=O) groups is 3. The number of nitrogens with one attached hydrogen (secondary N) is 3. The number of anilines is 2. The molecule has 3 aromatic rings. The van der Waals surface area contributed by atoms with E-state index in [4.69, 9.17) is 4.42 Å². The highest BCUT2D eigenvalue weighted by Gasteiger charge is 2.34. The molecule has 10 heteroatoms. The van der Waals surface area contributed by atoms with E-state index in [1.165, 1.54) is 24.5 Å². The van der Waals surface area contributed by atoms with E-state index in [1.807, 2.05) is 6.07 Å². The molecule has 0 aliphatic heterocycles. The molecule has 0 spiro atoms. The van der Waals surface area contributed by atoms with Gasteiger partial charge in [-0.1, -0.05) is 30.3 Å². The molecular formula is C23H20F3N3O4. The number of rotatable bonds is 8. The predicted octanol–water partition coefficient (Wildman–Crippen LogP) is 4.24. The Kier molecular flexibility index (Phi) is 7.50. The van der Waals surface area contributed by atoms with Crippen LogP contribution in [0.25, 0.3) is 0 Å². The van der Waals surface area contributed by atoms with Gasteiger partial charge in [0.15, 0.2) is 5.76 Å². The molecule has 0 saturated heterocycles. The van der Waals surface area contributed by atoms with Gasteiger partial charge in [0.2, 0.25) is 11.8 Å². The maximum absolute atomic E-state index is 13.5. The summed E-state index contributed by atoms with van der Waals surface area (Å²) in [6, 6.07) is 14.8. The summed E-state index contributed by atoms with van der Waals surface area (Å²) in [6.45, 7) is -0.0316. The fraction of sp³-hybridized carbons (Fsp3) is 0.174. The van der Waals surface area contributed by atoms with E-state index in [9.17, 15) is 27.6 Å². The fourth-order valence-corrected chi connectivity index (χ4v) is 2.94. The molecule has 0 bridgehead atoms. The van der Waals surface area contributed by atoms with Crippen LogP contribution in [0.5, 0.6) is 0 Å². The first-order chi connectivity index (χ1) is 15.7. The minimum absolute atomic E-state index is 0.0316. The summed E-state index contributed by atoms with van der Waals surface area (Å²) in [5, 5.41) is 7.08. The largest absolute Gasteiger partial charge is 0.459 e.